The molecule has 4 nitrogen and oxygen atoms in total. The van der Waals surface area contributed by atoms with Crippen molar-refractivity contribution in [2.75, 3.05) is 0 Å². The highest BCUT2D eigenvalue weighted by molar-refractivity contribution is 5.79. The molecule has 0 heterocycles. The van der Waals surface area contributed by atoms with Gasteiger partial charge in [-0.1, -0.05) is 19.4 Å². The van der Waals surface area contributed by atoms with E-state index in [4.69, 9.17) is 0 Å². The summed E-state index contributed by atoms with van der Waals surface area (Å²) in [5, 5.41) is 22.1. The molecule has 3 rings (SSSR count). The summed E-state index contributed by atoms with van der Waals surface area (Å²) in [6.07, 6.45) is 5.89. The predicted octanol–water partition coefficient (Wildman–Crippen LogP) is 3.22. The van der Waals surface area contributed by atoms with Gasteiger partial charge in [0.1, 0.15) is 0 Å². The van der Waals surface area contributed by atoms with Crippen LogP contribution in [0.5, 0.6) is 11.5 Å². The number of aromatic hydroxyl groups is 2. The summed E-state index contributed by atoms with van der Waals surface area (Å²) in [5.41, 5.74) is 0.857. The number of carbonyl (C=O) groups excluding carboxylic acids is 1. The first kappa shape index (κ1) is 16.2. The minimum absolute atomic E-state index is 0.0767. The number of rotatable bonds is 5. The van der Waals surface area contributed by atoms with Crippen molar-refractivity contribution >= 4 is 5.91 Å². The molecular formula is C19H27NO3. The Balaban J connectivity index is 1.53. The van der Waals surface area contributed by atoms with Gasteiger partial charge in [0, 0.05) is 12.0 Å². The van der Waals surface area contributed by atoms with Crippen LogP contribution in [0.25, 0.3) is 0 Å². The Morgan fingerprint density at radius 2 is 2.00 bits per heavy atom. The smallest absolute Gasteiger partial charge is 0.223 e. The SMILES string of the molecule is CC(Cc1ccc(O)c(O)c1)C(=O)NC(C)C1CC2CCC1C2. The molecule has 3 N–H and O–H groups in total. The van der Waals surface area contributed by atoms with Crippen molar-refractivity contribution in [2.24, 2.45) is 23.7 Å². The highest BCUT2D eigenvalue weighted by Gasteiger charge is 2.42. The molecule has 1 amide bonds. The quantitative estimate of drug-likeness (QED) is 0.730. The van der Waals surface area contributed by atoms with Crippen LogP contribution in [0.3, 0.4) is 0 Å². The van der Waals surface area contributed by atoms with E-state index in [2.05, 4.69) is 12.2 Å². The highest BCUT2D eigenvalue weighted by Crippen LogP contribution is 2.49. The van der Waals surface area contributed by atoms with E-state index in [1.807, 2.05) is 6.92 Å². The molecule has 5 unspecified atom stereocenters. The Labute approximate surface area is 137 Å². The molecular weight excluding hydrogens is 290 g/mol. The zero-order valence-electron chi connectivity index (χ0n) is 14.0. The van der Waals surface area contributed by atoms with Gasteiger partial charge in [-0.25, -0.2) is 0 Å². The fourth-order valence-electron chi connectivity index (χ4n) is 4.52. The van der Waals surface area contributed by atoms with Crippen molar-refractivity contribution < 1.29 is 15.0 Å². The Hall–Kier alpha value is -1.71. The van der Waals surface area contributed by atoms with Crippen molar-refractivity contribution in [1.82, 2.24) is 5.32 Å². The van der Waals surface area contributed by atoms with E-state index in [0.29, 0.717) is 12.3 Å². The maximum Gasteiger partial charge on any atom is 0.223 e. The van der Waals surface area contributed by atoms with E-state index in [-0.39, 0.29) is 29.4 Å². The van der Waals surface area contributed by atoms with Crippen LogP contribution >= 0.6 is 0 Å². The average Bonchev–Trinajstić information content (AvgIpc) is 3.13. The number of hydrogen-bond donors (Lipinski definition) is 3. The molecule has 2 aliphatic rings. The summed E-state index contributed by atoms with van der Waals surface area (Å²) in [5.74, 6) is 2.00. The van der Waals surface area contributed by atoms with E-state index < -0.39 is 0 Å². The summed E-state index contributed by atoms with van der Waals surface area (Å²) >= 11 is 0. The van der Waals surface area contributed by atoms with E-state index in [1.54, 1.807) is 6.07 Å². The zero-order chi connectivity index (χ0) is 16.6. The van der Waals surface area contributed by atoms with Gasteiger partial charge < -0.3 is 15.5 Å². The summed E-state index contributed by atoms with van der Waals surface area (Å²) in [7, 11) is 0. The van der Waals surface area contributed by atoms with Crippen molar-refractivity contribution in [3.05, 3.63) is 23.8 Å². The molecule has 5 atom stereocenters. The van der Waals surface area contributed by atoms with Gasteiger partial charge in [-0.05, 0) is 68.1 Å². The van der Waals surface area contributed by atoms with Gasteiger partial charge in [0.15, 0.2) is 11.5 Å². The van der Waals surface area contributed by atoms with Crippen LogP contribution in [0.1, 0.15) is 45.1 Å². The topological polar surface area (TPSA) is 69.6 Å². The first-order valence-electron chi connectivity index (χ1n) is 8.75. The number of amides is 1. The van der Waals surface area contributed by atoms with Gasteiger partial charge in [-0.2, -0.15) is 0 Å². The van der Waals surface area contributed by atoms with Gasteiger partial charge in [-0.3, -0.25) is 4.79 Å². The lowest BCUT2D eigenvalue weighted by molar-refractivity contribution is -0.125. The minimum atomic E-state index is -0.153. The monoisotopic (exact) mass is 317 g/mol. The molecule has 2 fully saturated rings. The average molecular weight is 317 g/mol. The van der Waals surface area contributed by atoms with Crippen LogP contribution in [-0.4, -0.2) is 22.2 Å². The Morgan fingerprint density at radius 1 is 1.22 bits per heavy atom. The molecule has 4 heteroatoms. The van der Waals surface area contributed by atoms with Gasteiger partial charge in [0.2, 0.25) is 5.91 Å². The molecule has 23 heavy (non-hydrogen) atoms. The van der Waals surface area contributed by atoms with Gasteiger partial charge in [0.25, 0.3) is 0 Å². The van der Waals surface area contributed by atoms with Crippen LogP contribution in [0.2, 0.25) is 0 Å². The lowest BCUT2D eigenvalue weighted by atomic mass is 9.83. The van der Waals surface area contributed by atoms with Gasteiger partial charge >= 0.3 is 0 Å². The molecule has 0 radical (unpaired) electrons. The predicted molar refractivity (Wildman–Crippen MR) is 89.2 cm³/mol. The largest absolute Gasteiger partial charge is 0.504 e. The van der Waals surface area contributed by atoms with Crippen LogP contribution in [0, 0.1) is 23.7 Å². The maximum atomic E-state index is 12.4. The zero-order valence-corrected chi connectivity index (χ0v) is 14.0. The first-order chi connectivity index (χ1) is 10.9. The third-order valence-electron chi connectivity index (χ3n) is 5.83. The molecule has 0 spiro atoms. The number of benzene rings is 1. The van der Waals surface area contributed by atoms with Crippen LogP contribution < -0.4 is 5.32 Å². The van der Waals surface area contributed by atoms with Crippen molar-refractivity contribution in [3.63, 3.8) is 0 Å². The van der Waals surface area contributed by atoms with E-state index in [0.717, 1.165) is 17.4 Å². The number of phenolic OH excluding ortho intramolecular Hbond substituents is 2. The molecule has 126 valence electrons. The fourth-order valence-corrected chi connectivity index (χ4v) is 4.52. The van der Waals surface area contributed by atoms with E-state index in [9.17, 15) is 15.0 Å². The van der Waals surface area contributed by atoms with Crippen molar-refractivity contribution in [3.8, 4) is 11.5 Å². The fraction of sp³-hybridized carbons (Fsp3) is 0.632. The molecule has 0 aromatic heterocycles. The van der Waals surface area contributed by atoms with Gasteiger partial charge in [-0.15, -0.1) is 0 Å². The highest BCUT2D eigenvalue weighted by atomic mass is 16.3. The third-order valence-corrected chi connectivity index (χ3v) is 5.83. The molecule has 2 aliphatic carbocycles. The molecule has 1 aromatic rings. The van der Waals surface area contributed by atoms with E-state index in [1.165, 1.54) is 37.8 Å². The number of nitrogens with one attached hydrogen (secondary N) is 1. The maximum absolute atomic E-state index is 12.4. The number of fused-ring (bicyclic) bond motifs is 2. The third kappa shape index (κ3) is 3.46. The van der Waals surface area contributed by atoms with Crippen molar-refractivity contribution in [1.29, 1.82) is 0 Å². The summed E-state index contributed by atoms with van der Waals surface area (Å²) in [6, 6.07) is 4.98. The summed E-state index contributed by atoms with van der Waals surface area (Å²) in [4.78, 5) is 12.4. The molecule has 0 aliphatic heterocycles. The van der Waals surface area contributed by atoms with E-state index >= 15 is 0 Å². The second-order valence-corrected chi connectivity index (χ2v) is 7.56. The summed E-state index contributed by atoms with van der Waals surface area (Å²) < 4.78 is 0. The normalized spacial score (nSPS) is 28.5. The van der Waals surface area contributed by atoms with Crippen LogP contribution in [0.4, 0.5) is 0 Å². The lowest BCUT2D eigenvalue weighted by Gasteiger charge is -2.29. The second kappa shape index (κ2) is 6.42. The lowest BCUT2D eigenvalue weighted by Crippen LogP contribution is -2.42. The molecule has 2 bridgehead atoms. The Morgan fingerprint density at radius 3 is 2.61 bits per heavy atom. The van der Waals surface area contributed by atoms with Gasteiger partial charge in [0.05, 0.1) is 0 Å². The Bertz CT molecular complexity index is 586. The van der Waals surface area contributed by atoms with Crippen LogP contribution in [-0.2, 0) is 11.2 Å². The number of phenols is 2. The van der Waals surface area contributed by atoms with Crippen LogP contribution in [0.15, 0.2) is 18.2 Å². The Kier molecular flexibility index (Phi) is 4.51. The molecule has 0 saturated heterocycles. The standard InChI is InChI=1S/C19H27NO3/c1-11(7-13-4-6-17(21)18(22)10-13)19(23)20-12(2)16-9-14-3-5-15(16)8-14/h4,6,10-12,14-16,21-22H,3,5,7-9H2,1-2H3,(H,20,23). The minimum Gasteiger partial charge on any atom is -0.504 e. The summed E-state index contributed by atoms with van der Waals surface area (Å²) in [6.45, 7) is 4.05. The molecule has 1 aromatic carbocycles. The number of carbonyl (C=O) groups is 1. The second-order valence-electron chi connectivity index (χ2n) is 7.56. The molecule has 2 saturated carbocycles. The van der Waals surface area contributed by atoms with Crippen molar-refractivity contribution in [2.45, 2.75) is 52.0 Å². The first-order valence-corrected chi connectivity index (χ1v) is 8.75. The number of hydrogen-bond acceptors (Lipinski definition) is 3.